The first-order chi connectivity index (χ1) is 7.45. The van der Waals surface area contributed by atoms with Crippen LogP contribution in [0, 0.1) is 0 Å². The second kappa shape index (κ2) is 4.99. The van der Waals surface area contributed by atoms with Crippen LogP contribution >= 0.6 is 0 Å². The predicted octanol–water partition coefficient (Wildman–Crippen LogP) is 1.46. The van der Waals surface area contributed by atoms with Crippen LogP contribution in [0.15, 0.2) is 24.3 Å². The monoisotopic (exact) mass is 224 g/mol. The van der Waals surface area contributed by atoms with Gasteiger partial charge in [0.05, 0.1) is 0 Å². The van der Waals surface area contributed by atoms with Gasteiger partial charge in [0.15, 0.2) is 5.60 Å². The molecular formula is C12H16O4. The van der Waals surface area contributed by atoms with Gasteiger partial charge in [-0.3, -0.25) is 0 Å². The number of aliphatic hydroxyl groups is 1. The molecule has 4 nitrogen and oxygen atoms in total. The molecule has 1 rings (SSSR count). The summed E-state index contributed by atoms with van der Waals surface area (Å²) in [6.07, 6.45) is 0.532. The third kappa shape index (κ3) is 3.24. The van der Waals surface area contributed by atoms with Gasteiger partial charge in [0.2, 0.25) is 0 Å². The van der Waals surface area contributed by atoms with Crippen molar-refractivity contribution in [2.75, 3.05) is 6.61 Å². The third-order valence-corrected chi connectivity index (χ3v) is 2.19. The summed E-state index contributed by atoms with van der Waals surface area (Å²) in [7, 11) is 0. The van der Waals surface area contributed by atoms with Crippen molar-refractivity contribution in [2.24, 2.45) is 0 Å². The Morgan fingerprint density at radius 3 is 2.69 bits per heavy atom. The summed E-state index contributed by atoms with van der Waals surface area (Å²) >= 11 is 0. The first-order valence-electron chi connectivity index (χ1n) is 5.08. The van der Waals surface area contributed by atoms with Gasteiger partial charge in [0.1, 0.15) is 5.75 Å². The molecule has 0 bridgehead atoms. The quantitative estimate of drug-likeness (QED) is 0.794. The maximum absolute atomic E-state index is 10.9. The Labute approximate surface area is 94.5 Å². The van der Waals surface area contributed by atoms with Gasteiger partial charge < -0.3 is 14.9 Å². The lowest BCUT2D eigenvalue weighted by molar-refractivity contribution is -0.152. The Balaban J connectivity index is 2.81. The van der Waals surface area contributed by atoms with E-state index in [-0.39, 0.29) is 6.61 Å². The lowest BCUT2D eigenvalue weighted by atomic mass is 10.1. The van der Waals surface area contributed by atoms with Crippen molar-refractivity contribution in [1.82, 2.24) is 0 Å². The highest BCUT2D eigenvalue weighted by atomic mass is 16.5. The van der Waals surface area contributed by atoms with Gasteiger partial charge in [-0.2, -0.15) is 0 Å². The summed E-state index contributed by atoms with van der Waals surface area (Å²) in [5.41, 5.74) is -0.334. The highest BCUT2D eigenvalue weighted by Crippen LogP contribution is 2.20. The fourth-order valence-electron chi connectivity index (χ4n) is 1.23. The van der Waals surface area contributed by atoms with Crippen molar-refractivity contribution in [3.63, 3.8) is 0 Å². The molecule has 1 aromatic carbocycles. The molecule has 0 spiro atoms. The lowest BCUT2D eigenvalue weighted by Gasteiger charge is -2.21. The molecule has 16 heavy (non-hydrogen) atoms. The van der Waals surface area contributed by atoms with Crippen LogP contribution in [-0.2, 0) is 11.2 Å². The molecule has 0 aliphatic rings. The molecule has 0 unspecified atom stereocenters. The summed E-state index contributed by atoms with van der Waals surface area (Å²) in [5.74, 6) is -0.515. The molecule has 0 amide bonds. The number of carboxylic acid groups (broad SMARTS) is 1. The van der Waals surface area contributed by atoms with E-state index in [1.54, 1.807) is 18.2 Å². The molecule has 2 N–H and O–H groups in total. The van der Waals surface area contributed by atoms with E-state index in [1.807, 2.05) is 6.07 Å². The molecule has 0 fully saturated rings. The number of aliphatic hydroxyl groups excluding tert-OH is 1. The molecule has 0 aromatic heterocycles. The molecule has 88 valence electrons. The van der Waals surface area contributed by atoms with Gasteiger partial charge in [0, 0.05) is 6.61 Å². The van der Waals surface area contributed by atoms with Crippen LogP contribution in [0.4, 0.5) is 0 Å². The molecule has 0 heterocycles. The fourth-order valence-corrected chi connectivity index (χ4v) is 1.23. The average molecular weight is 224 g/mol. The van der Waals surface area contributed by atoms with Gasteiger partial charge in [-0.05, 0) is 38.0 Å². The van der Waals surface area contributed by atoms with E-state index in [4.69, 9.17) is 14.9 Å². The number of carboxylic acids is 1. The summed E-state index contributed by atoms with van der Waals surface area (Å²) in [6.45, 7) is 3.05. The predicted molar refractivity (Wildman–Crippen MR) is 59.6 cm³/mol. The minimum absolute atomic E-state index is 0.0613. The molecular weight excluding hydrogens is 208 g/mol. The summed E-state index contributed by atoms with van der Waals surface area (Å²) in [5, 5.41) is 17.7. The Morgan fingerprint density at radius 2 is 2.12 bits per heavy atom. The molecule has 0 atom stereocenters. The number of hydrogen-bond donors (Lipinski definition) is 2. The van der Waals surface area contributed by atoms with E-state index in [0.29, 0.717) is 12.2 Å². The van der Waals surface area contributed by atoms with E-state index in [2.05, 4.69) is 0 Å². The van der Waals surface area contributed by atoms with Crippen molar-refractivity contribution < 1.29 is 19.7 Å². The van der Waals surface area contributed by atoms with Gasteiger partial charge in [-0.25, -0.2) is 4.79 Å². The fraction of sp³-hybridized carbons (Fsp3) is 0.417. The number of benzene rings is 1. The Bertz CT molecular complexity index is 371. The van der Waals surface area contributed by atoms with E-state index < -0.39 is 11.6 Å². The zero-order valence-electron chi connectivity index (χ0n) is 9.43. The van der Waals surface area contributed by atoms with Crippen LogP contribution in [0.1, 0.15) is 19.4 Å². The second-order valence-corrected chi connectivity index (χ2v) is 4.04. The van der Waals surface area contributed by atoms with Gasteiger partial charge in [-0.1, -0.05) is 12.1 Å². The largest absolute Gasteiger partial charge is 0.478 e. The molecule has 0 radical (unpaired) electrons. The van der Waals surface area contributed by atoms with Crippen LogP contribution in [0.3, 0.4) is 0 Å². The SMILES string of the molecule is CC(C)(Oc1cccc(CCO)c1)C(=O)O. The van der Waals surface area contributed by atoms with Gasteiger partial charge >= 0.3 is 5.97 Å². The normalized spacial score (nSPS) is 11.2. The van der Waals surface area contributed by atoms with Crippen molar-refractivity contribution >= 4 is 5.97 Å². The molecule has 1 aromatic rings. The van der Waals surface area contributed by atoms with E-state index >= 15 is 0 Å². The van der Waals surface area contributed by atoms with E-state index in [0.717, 1.165) is 5.56 Å². The Kier molecular flexibility index (Phi) is 3.90. The van der Waals surface area contributed by atoms with Crippen molar-refractivity contribution in [2.45, 2.75) is 25.9 Å². The Hall–Kier alpha value is -1.55. The van der Waals surface area contributed by atoms with Crippen LogP contribution in [-0.4, -0.2) is 28.4 Å². The average Bonchev–Trinajstić information content (AvgIpc) is 2.17. The number of carbonyl (C=O) groups is 1. The summed E-state index contributed by atoms with van der Waals surface area (Å²) < 4.78 is 5.37. The maximum atomic E-state index is 10.9. The Morgan fingerprint density at radius 1 is 1.44 bits per heavy atom. The second-order valence-electron chi connectivity index (χ2n) is 4.04. The topological polar surface area (TPSA) is 66.8 Å². The number of rotatable bonds is 5. The smallest absolute Gasteiger partial charge is 0.347 e. The van der Waals surface area contributed by atoms with Gasteiger partial charge in [0.25, 0.3) is 0 Å². The highest BCUT2D eigenvalue weighted by Gasteiger charge is 2.29. The molecule has 0 aliphatic heterocycles. The van der Waals surface area contributed by atoms with E-state index in [9.17, 15) is 4.79 Å². The number of aliphatic carboxylic acids is 1. The minimum Gasteiger partial charge on any atom is -0.478 e. The number of hydrogen-bond acceptors (Lipinski definition) is 3. The van der Waals surface area contributed by atoms with Crippen LogP contribution in [0.5, 0.6) is 5.75 Å². The lowest BCUT2D eigenvalue weighted by Crippen LogP contribution is -2.37. The zero-order valence-corrected chi connectivity index (χ0v) is 9.43. The minimum atomic E-state index is -1.25. The number of ether oxygens (including phenoxy) is 1. The van der Waals surface area contributed by atoms with Crippen LogP contribution in [0.2, 0.25) is 0 Å². The van der Waals surface area contributed by atoms with Gasteiger partial charge in [-0.15, -0.1) is 0 Å². The first kappa shape index (κ1) is 12.5. The molecule has 4 heteroatoms. The van der Waals surface area contributed by atoms with Crippen molar-refractivity contribution in [3.05, 3.63) is 29.8 Å². The molecule has 0 saturated carbocycles. The van der Waals surface area contributed by atoms with Crippen molar-refractivity contribution in [1.29, 1.82) is 0 Å². The van der Waals surface area contributed by atoms with E-state index in [1.165, 1.54) is 13.8 Å². The highest BCUT2D eigenvalue weighted by molar-refractivity contribution is 5.76. The third-order valence-electron chi connectivity index (χ3n) is 2.19. The van der Waals surface area contributed by atoms with Crippen LogP contribution < -0.4 is 4.74 Å². The van der Waals surface area contributed by atoms with Crippen LogP contribution in [0.25, 0.3) is 0 Å². The first-order valence-corrected chi connectivity index (χ1v) is 5.08. The standard InChI is InChI=1S/C12H16O4/c1-12(2,11(14)15)16-10-5-3-4-9(8-10)6-7-13/h3-5,8,13H,6-7H2,1-2H3,(H,14,15). The summed E-state index contributed by atoms with van der Waals surface area (Å²) in [4.78, 5) is 10.9. The molecule has 0 aliphatic carbocycles. The summed E-state index contributed by atoms with van der Waals surface area (Å²) in [6, 6.07) is 7.07. The maximum Gasteiger partial charge on any atom is 0.347 e. The molecule has 0 saturated heterocycles. The van der Waals surface area contributed by atoms with Crippen molar-refractivity contribution in [3.8, 4) is 5.75 Å². The zero-order chi connectivity index (χ0) is 12.2.